The number of carbonyl (C=O) groups excluding carboxylic acids is 2. The van der Waals surface area contributed by atoms with Gasteiger partial charge in [0.1, 0.15) is 17.3 Å². The number of hydrogen-bond acceptors (Lipinski definition) is 4. The van der Waals surface area contributed by atoms with Gasteiger partial charge in [-0.05, 0) is 73.9 Å². The standard InChI is InChI=1S/C27H24FNO4/c1-15-5-10-22(33-4)21(14-15)25(30)23-24(18-6-8-19(28)9-7-18)29(27(32)26(23)31)20-12-16(2)11-17(3)13-20/h5-14,24,30H,1-4H3/b25-23+. The molecular weight excluding hydrogens is 421 g/mol. The summed E-state index contributed by atoms with van der Waals surface area (Å²) in [6, 6.07) is 15.4. The Morgan fingerprint density at radius 2 is 1.55 bits per heavy atom. The van der Waals surface area contributed by atoms with Crippen LogP contribution in [0.25, 0.3) is 5.76 Å². The molecule has 3 aromatic carbocycles. The van der Waals surface area contributed by atoms with E-state index in [4.69, 9.17) is 4.74 Å². The number of ether oxygens (including phenoxy) is 1. The van der Waals surface area contributed by atoms with Crippen molar-refractivity contribution >= 4 is 23.1 Å². The molecule has 0 radical (unpaired) electrons. The highest BCUT2D eigenvalue weighted by Gasteiger charge is 2.47. The lowest BCUT2D eigenvalue weighted by Crippen LogP contribution is -2.29. The van der Waals surface area contributed by atoms with Gasteiger partial charge in [-0.1, -0.05) is 29.8 Å². The van der Waals surface area contributed by atoms with E-state index in [0.717, 1.165) is 16.7 Å². The molecule has 4 rings (SSSR count). The van der Waals surface area contributed by atoms with Crippen LogP contribution < -0.4 is 9.64 Å². The van der Waals surface area contributed by atoms with Gasteiger partial charge in [0.25, 0.3) is 11.7 Å². The number of aryl methyl sites for hydroxylation is 3. The molecule has 1 aliphatic heterocycles. The van der Waals surface area contributed by atoms with E-state index >= 15 is 0 Å². The molecule has 1 atom stereocenters. The Labute approximate surface area is 191 Å². The summed E-state index contributed by atoms with van der Waals surface area (Å²) in [6.07, 6.45) is 0. The lowest BCUT2D eigenvalue weighted by Gasteiger charge is -2.26. The van der Waals surface area contributed by atoms with Gasteiger partial charge in [0.2, 0.25) is 0 Å². The molecular formula is C27H24FNO4. The number of anilines is 1. The minimum Gasteiger partial charge on any atom is -0.507 e. The molecule has 1 heterocycles. The van der Waals surface area contributed by atoms with E-state index in [2.05, 4.69) is 0 Å². The maximum atomic E-state index is 13.7. The normalized spacial score (nSPS) is 17.5. The maximum absolute atomic E-state index is 13.7. The van der Waals surface area contributed by atoms with Gasteiger partial charge in [-0.2, -0.15) is 0 Å². The van der Waals surface area contributed by atoms with Crippen LogP contribution in [0.5, 0.6) is 5.75 Å². The number of ketones is 1. The topological polar surface area (TPSA) is 66.8 Å². The molecule has 1 amide bonds. The van der Waals surface area contributed by atoms with Crippen molar-refractivity contribution in [1.82, 2.24) is 0 Å². The van der Waals surface area contributed by atoms with Crippen molar-refractivity contribution in [3.8, 4) is 5.75 Å². The van der Waals surface area contributed by atoms with Gasteiger partial charge in [-0.15, -0.1) is 0 Å². The molecule has 1 saturated heterocycles. The zero-order valence-corrected chi connectivity index (χ0v) is 18.8. The van der Waals surface area contributed by atoms with E-state index in [-0.39, 0.29) is 11.3 Å². The van der Waals surface area contributed by atoms with Gasteiger partial charge < -0.3 is 9.84 Å². The highest BCUT2D eigenvalue weighted by atomic mass is 19.1. The summed E-state index contributed by atoms with van der Waals surface area (Å²) in [5.41, 5.74) is 3.95. The quantitative estimate of drug-likeness (QED) is 0.332. The third kappa shape index (κ3) is 4.00. The lowest BCUT2D eigenvalue weighted by molar-refractivity contribution is -0.132. The second-order valence-corrected chi connectivity index (χ2v) is 8.27. The maximum Gasteiger partial charge on any atom is 0.300 e. The highest BCUT2D eigenvalue weighted by molar-refractivity contribution is 6.51. The molecule has 33 heavy (non-hydrogen) atoms. The molecule has 0 aromatic heterocycles. The van der Waals surface area contributed by atoms with Crippen LogP contribution in [-0.4, -0.2) is 23.9 Å². The molecule has 0 saturated carbocycles. The zero-order valence-electron chi connectivity index (χ0n) is 18.8. The summed E-state index contributed by atoms with van der Waals surface area (Å²) in [5, 5.41) is 11.3. The molecule has 5 nitrogen and oxygen atoms in total. The van der Waals surface area contributed by atoms with Crippen molar-refractivity contribution in [3.63, 3.8) is 0 Å². The minimum absolute atomic E-state index is 0.0744. The number of carbonyl (C=O) groups is 2. The fourth-order valence-electron chi connectivity index (χ4n) is 4.30. The van der Waals surface area contributed by atoms with Crippen molar-refractivity contribution in [2.24, 2.45) is 0 Å². The Bertz CT molecular complexity index is 1270. The molecule has 6 heteroatoms. The number of nitrogens with zero attached hydrogens (tertiary/aromatic N) is 1. The minimum atomic E-state index is -0.933. The van der Waals surface area contributed by atoms with Crippen LogP contribution in [0.2, 0.25) is 0 Å². The summed E-state index contributed by atoms with van der Waals surface area (Å²) >= 11 is 0. The average molecular weight is 445 g/mol. The second-order valence-electron chi connectivity index (χ2n) is 8.27. The number of Topliss-reactive ketones (excluding diaryl/α,β-unsaturated/α-hetero) is 1. The fourth-order valence-corrected chi connectivity index (χ4v) is 4.30. The smallest absolute Gasteiger partial charge is 0.300 e. The number of aliphatic hydroxyl groups excluding tert-OH is 1. The number of amides is 1. The van der Waals surface area contributed by atoms with E-state index in [1.165, 1.54) is 36.3 Å². The number of benzene rings is 3. The fraction of sp³-hybridized carbons (Fsp3) is 0.185. The van der Waals surface area contributed by atoms with Crippen LogP contribution in [0.4, 0.5) is 10.1 Å². The molecule has 1 aliphatic rings. The van der Waals surface area contributed by atoms with Crippen LogP contribution in [0, 0.1) is 26.6 Å². The number of aliphatic hydroxyl groups is 1. The first-order valence-electron chi connectivity index (χ1n) is 10.5. The average Bonchev–Trinajstić information content (AvgIpc) is 3.03. The number of halogens is 1. The monoisotopic (exact) mass is 445 g/mol. The van der Waals surface area contributed by atoms with E-state index in [1.54, 1.807) is 12.1 Å². The predicted molar refractivity (Wildman–Crippen MR) is 125 cm³/mol. The van der Waals surface area contributed by atoms with Gasteiger partial charge in [0.05, 0.1) is 24.3 Å². The molecule has 0 spiro atoms. The number of rotatable bonds is 4. The first-order valence-corrected chi connectivity index (χ1v) is 10.5. The summed E-state index contributed by atoms with van der Waals surface area (Å²) in [5.74, 6) is -1.99. The molecule has 3 aromatic rings. The van der Waals surface area contributed by atoms with Crippen molar-refractivity contribution < 1.29 is 23.8 Å². The van der Waals surface area contributed by atoms with Crippen LogP contribution in [0.15, 0.2) is 66.2 Å². The third-order valence-corrected chi connectivity index (χ3v) is 5.72. The van der Waals surface area contributed by atoms with E-state index < -0.39 is 23.5 Å². The molecule has 1 N–H and O–H groups in total. The molecule has 0 aliphatic carbocycles. The van der Waals surface area contributed by atoms with Crippen molar-refractivity contribution in [2.45, 2.75) is 26.8 Å². The van der Waals surface area contributed by atoms with Gasteiger partial charge in [-0.3, -0.25) is 14.5 Å². The van der Waals surface area contributed by atoms with Gasteiger partial charge in [0, 0.05) is 5.69 Å². The first kappa shape index (κ1) is 22.3. The molecule has 1 unspecified atom stereocenters. The highest BCUT2D eigenvalue weighted by Crippen LogP contribution is 2.43. The summed E-state index contributed by atoms with van der Waals surface area (Å²) in [4.78, 5) is 27.9. The van der Waals surface area contributed by atoms with Crippen molar-refractivity contribution in [2.75, 3.05) is 12.0 Å². The third-order valence-electron chi connectivity index (χ3n) is 5.72. The SMILES string of the molecule is COc1ccc(C)cc1/C(O)=C1\C(=O)C(=O)N(c2cc(C)cc(C)c2)C1c1ccc(F)cc1. The summed E-state index contributed by atoms with van der Waals surface area (Å²) in [6.45, 7) is 5.65. The van der Waals surface area contributed by atoms with E-state index in [9.17, 15) is 19.1 Å². The molecule has 1 fully saturated rings. The van der Waals surface area contributed by atoms with E-state index in [0.29, 0.717) is 22.6 Å². The zero-order chi connectivity index (χ0) is 23.9. The van der Waals surface area contributed by atoms with Crippen LogP contribution in [0.1, 0.15) is 33.9 Å². The van der Waals surface area contributed by atoms with E-state index in [1.807, 2.05) is 45.0 Å². The number of methoxy groups -OCH3 is 1. The lowest BCUT2D eigenvalue weighted by atomic mass is 9.94. The Kier molecular flexibility index (Phi) is 5.77. The Balaban J connectivity index is 2.00. The summed E-state index contributed by atoms with van der Waals surface area (Å²) < 4.78 is 19.1. The Morgan fingerprint density at radius 1 is 0.909 bits per heavy atom. The summed E-state index contributed by atoms with van der Waals surface area (Å²) in [7, 11) is 1.47. The molecule has 0 bridgehead atoms. The second kappa shape index (κ2) is 8.54. The van der Waals surface area contributed by atoms with Crippen LogP contribution >= 0.6 is 0 Å². The van der Waals surface area contributed by atoms with Crippen LogP contribution in [-0.2, 0) is 9.59 Å². The molecule has 168 valence electrons. The first-order chi connectivity index (χ1) is 15.7. The predicted octanol–water partition coefficient (Wildman–Crippen LogP) is 5.39. The van der Waals surface area contributed by atoms with Gasteiger partial charge in [0.15, 0.2) is 0 Å². The number of hydrogen-bond donors (Lipinski definition) is 1. The van der Waals surface area contributed by atoms with Crippen molar-refractivity contribution in [1.29, 1.82) is 0 Å². The largest absolute Gasteiger partial charge is 0.507 e. The van der Waals surface area contributed by atoms with Crippen LogP contribution in [0.3, 0.4) is 0 Å². The van der Waals surface area contributed by atoms with Gasteiger partial charge >= 0.3 is 0 Å². The van der Waals surface area contributed by atoms with Gasteiger partial charge in [-0.25, -0.2) is 4.39 Å². The Morgan fingerprint density at radius 3 is 2.15 bits per heavy atom. The van der Waals surface area contributed by atoms with Crippen molar-refractivity contribution in [3.05, 3.63) is 99.9 Å². The Hall–Kier alpha value is -3.93.